The first kappa shape index (κ1) is 10.6. The van der Waals surface area contributed by atoms with Crippen molar-refractivity contribution in [1.29, 1.82) is 0 Å². The molecule has 0 spiro atoms. The highest BCUT2D eigenvalue weighted by molar-refractivity contribution is 9.10. The second-order valence-electron chi connectivity index (χ2n) is 2.56. The average molecular weight is 258 g/mol. The van der Waals surface area contributed by atoms with Crippen LogP contribution in [0.1, 0.15) is 6.42 Å². The van der Waals surface area contributed by atoms with E-state index in [9.17, 15) is 9.59 Å². The summed E-state index contributed by atoms with van der Waals surface area (Å²) in [6.45, 7) is 0.288. The van der Waals surface area contributed by atoms with Crippen molar-refractivity contribution >= 4 is 21.7 Å². The second-order valence-corrected chi connectivity index (χ2v) is 3.36. The van der Waals surface area contributed by atoms with Gasteiger partial charge < -0.3 is 5.73 Å². The Morgan fingerprint density at radius 1 is 1.57 bits per heavy atom. The van der Waals surface area contributed by atoms with Gasteiger partial charge in [0.25, 0.3) is 5.56 Å². The maximum Gasteiger partial charge on any atom is 0.329 e. The number of hydrogen-bond acceptors (Lipinski definition) is 3. The summed E-state index contributed by atoms with van der Waals surface area (Å²) in [6.07, 6.45) is 5.43. The zero-order valence-electron chi connectivity index (χ0n) is 7.21. The van der Waals surface area contributed by atoms with Crippen LogP contribution in [-0.4, -0.2) is 9.55 Å². The van der Waals surface area contributed by atoms with E-state index >= 15 is 0 Å². The normalized spacial score (nSPS) is 9.71. The van der Waals surface area contributed by atoms with E-state index < -0.39 is 11.2 Å². The Morgan fingerprint density at radius 3 is 2.79 bits per heavy atom. The van der Waals surface area contributed by atoms with Gasteiger partial charge in [0.1, 0.15) is 10.3 Å². The van der Waals surface area contributed by atoms with Crippen LogP contribution in [0.15, 0.2) is 14.1 Å². The van der Waals surface area contributed by atoms with Crippen LogP contribution in [0, 0.1) is 12.3 Å². The van der Waals surface area contributed by atoms with Crippen LogP contribution in [0.3, 0.4) is 0 Å². The number of nitrogen functional groups attached to an aromatic ring is 1. The molecule has 3 N–H and O–H groups in total. The van der Waals surface area contributed by atoms with Crippen molar-refractivity contribution in [3.8, 4) is 12.3 Å². The number of halogens is 1. The molecule has 0 saturated heterocycles. The summed E-state index contributed by atoms with van der Waals surface area (Å²) < 4.78 is 1.36. The third-order valence-electron chi connectivity index (χ3n) is 1.66. The Labute approximate surface area is 88.1 Å². The number of aromatic amines is 1. The Morgan fingerprint density at radius 2 is 2.21 bits per heavy atom. The summed E-state index contributed by atoms with van der Waals surface area (Å²) in [5, 5.41) is 0. The average Bonchev–Trinajstić information content (AvgIpc) is 2.14. The molecule has 0 radical (unpaired) electrons. The fourth-order valence-electron chi connectivity index (χ4n) is 0.962. The lowest BCUT2D eigenvalue weighted by Crippen LogP contribution is -2.32. The molecule has 0 aliphatic rings. The molecule has 5 nitrogen and oxygen atoms in total. The number of aromatic nitrogens is 2. The summed E-state index contributed by atoms with van der Waals surface area (Å²) in [6, 6.07) is 0. The molecule has 1 heterocycles. The van der Waals surface area contributed by atoms with E-state index in [-0.39, 0.29) is 16.8 Å². The monoisotopic (exact) mass is 257 g/mol. The van der Waals surface area contributed by atoms with Crippen LogP contribution in [0.2, 0.25) is 0 Å². The molecule has 0 fully saturated rings. The summed E-state index contributed by atoms with van der Waals surface area (Å²) in [5.41, 5.74) is 4.46. The molecule has 74 valence electrons. The van der Waals surface area contributed by atoms with Gasteiger partial charge in [-0.3, -0.25) is 14.3 Å². The topological polar surface area (TPSA) is 80.9 Å². The second kappa shape index (κ2) is 4.15. The number of hydrogen-bond donors (Lipinski definition) is 2. The largest absolute Gasteiger partial charge is 0.384 e. The zero-order chi connectivity index (χ0) is 10.7. The van der Waals surface area contributed by atoms with Gasteiger partial charge in [0.2, 0.25) is 0 Å². The third kappa shape index (κ3) is 1.88. The molecule has 6 heteroatoms. The highest BCUT2D eigenvalue weighted by Crippen LogP contribution is 2.10. The van der Waals surface area contributed by atoms with Crippen molar-refractivity contribution in [1.82, 2.24) is 9.55 Å². The number of nitrogens with one attached hydrogen (secondary N) is 1. The molecule has 1 aromatic heterocycles. The maximum atomic E-state index is 11.3. The van der Waals surface area contributed by atoms with Gasteiger partial charge in [0, 0.05) is 13.0 Å². The standard InChI is InChI=1S/C8H8BrN3O2/c1-2-3-4-12-6(10)5(9)7(13)11-8(12)14/h1H,3-4,10H2,(H,11,13,14). The van der Waals surface area contributed by atoms with Gasteiger partial charge in [-0.25, -0.2) is 4.79 Å². The number of terminal acetylenes is 1. The van der Waals surface area contributed by atoms with Gasteiger partial charge in [0.05, 0.1) is 0 Å². The number of anilines is 1. The van der Waals surface area contributed by atoms with Gasteiger partial charge in [0.15, 0.2) is 0 Å². The molecule has 0 bridgehead atoms. The fraction of sp³-hybridized carbons (Fsp3) is 0.250. The Kier molecular flexibility index (Phi) is 3.14. The number of nitrogens with zero attached hydrogens (tertiary/aromatic N) is 1. The first-order valence-electron chi connectivity index (χ1n) is 3.79. The minimum Gasteiger partial charge on any atom is -0.384 e. The maximum absolute atomic E-state index is 11.3. The minimum absolute atomic E-state index is 0.0917. The van der Waals surface area contributed by atoms with Gasteiger partial charge in [-0.2, -0.15) is 0 Å². The van der Waals surface area contributed by atoms with E-state index in [1.54, 1.807) is 0 Å². The predicted molar refractivity (Wildman–Crippen MR) is 56.9 cm³/mol. The van der Waals surface area contributed by atoms with Crippen LogP contribution < -0.4 is 17.0 Å². The molecule has 0 aliphatic carbocycles. The molecular weight excluding hydrogens is 250 g/mol. The van der Waals surface area contributed by atoms with Crippen LogP contribution in [0.25, 0.3) is 0 Å². The lowest BCUT2D eigenvalue weighted by molar-refractivity contribution is 0.670. The molecule has 0 aliphatic heterocycles. The molecule has 1 aromatic rings. The summed E-state index contributed by atoms with van der Waals surface area (Å²) in [7, 11) is 0. The van der Waals surface area contributed by atoms with E-state index in [2.05, 4.69) is 26.8 Å². The molecule has 0 atom stereocenters. The quantitative estimate of drug-likeness (QED) is 0.727. The molecule has 0 aromatic carbocycles. The highest BCUT2D eigenvalue weighted by Gasteiger charge is 2.08. The van der Waals surface area contributed by atoms with Crippen LogP contribution in [-0.2, 0) is 6.54 Å². The van der Waals surface area contributed by atoms with Crippen molar-refractivity contribution in [3.05, 3.63) is 25.3 Å². The Hall–Kier alpha value is -1.48. The van der Waals surface area contributed by atoms with Gasteiger partial charge in [-0.15, -0.1) is 12.3 Å². The van der Waals surface area contributed by atoms with Gasteiger partial charge >= 0.3 is 5.69 Å². The van der Waals surface area contributed by atoms with Gasteiger partial charge in [-0.05, 0) is 15.9 Å². The first-order chi connectivity index (χ1) is 6.57. The lowest BCUT2D eigenvalue weighted by atomic mass is 10.4. The van der Waals surface area contributed by atoms with Crippen molar-refractivity contribution in [3.63, 3.8) is 0 Å². The number of rotatable bonds is 2. The third-order valence-corrected chi connectivity index (χ3v) is 2.43. The smallest absolute Gasteiger partial charge is 0.329 e. The SMILES string of the molecule is C#CCCn1c(N)c(Br)c(=O)[nH]c1=O. The molecule has 0 unspecified atom stereocenters. The zero-order valence-corrected chi connectivity index (χ0v) is 8.80. The first-order valence-corrected chi connectivity index (χ1v) is 4.58. The van der Waals surface area contributed by atoms with Crippen molar-refractivity contribution in [2.45, 2.75) is 13.0 Å². The lowest BCUT2D eigenvalue weighted by Gasteiger charge is -2.07. The van der Waals surface area contributed by atoms with Crippen LogP contribution in [0.4, 0.5) is 5.82 Å². The van der Waals surface area contributed by atoms with E-state index in [1.807, 2.05) is 0 Å². The molecular formula is C8H8BrN3O2. The van der Waals surface area contributed by atoms with E-state index in [0.717, 1.165) is 0 Å². The van der Waals surface area contributed by atoms with Crippen molar-refractivity contribution < 1.29 is 0 Å². The van der Waals surface area contributed by atoms with Crippen LogP contribution in [0.5, 0.6) is 0 Å². The van der Waals surface area contributed by atoms with E-state index in [4.69, 9.17) is 12.2 Å². The van der Waals surface area contributed by atoms with Crippen molar-refractivity contribution in [2.24, 2.45) is 0 Å². The van der Waals surface area contributed by atoms with E-state index in [0.29, 0.717) is 6.42 Å². The molecule has 1 rings (SSSR count). The summed E-state index contributed by atoms with van der Waals surface area (Å²) in [4.78, 5) is 24.4. The number of nitrogens with two attached hydrogens (primary N) is 1. The van der Waals surface area contributed by atoms with Gasteiger partial charge in [-0.1, -0.05) is 0 Å². The molecule has 0 amide bonds. The van der Waals surface area contributed by atoms with E-state index in [1.165, 1.54) is 4.57 Å². The summed E-state index contributed by atoms with van der Waals surface area (Å²) in [5.74, 6) is 2.47. The molecule has 14 heavy (non-hydrogen) atoms. The highest BCUT2D eigenvalue weighted by atomic mass is 79.9. The minimum atomic E-state index is -0.550. The number of H-pyrrole nitrogens is 1. The van der Waals surface area contributed by atoms with Crippen molar-refractivity contribution in [2.75, 3.05) is 5.73 Å². The fourth-order valence-corrected chi connectivity index (χ4v) is 1.28. The predicted octanol–water partition coefficient (Wildman–Crippen LogP) is -0.0954. The van der Waals surface area contributed by atoms with Crippen LogP contribution >= 0.6 is 15.9 Å². The molecule has 0 saturated carbocycles. The Balaban J connectivity index is 3.31. The Bertz CT molecular complexity index is 495. The summed E-state index contributed by atoms with van der Waals surface area (Å²) >= 11 is 2.98.